The van der Waals surface area contributed by atoms with Crippen LogP contribution in [0.25, 0.3) is 0 Å². The number of aromatic nitrogens is 2. The fourth-order valence-corrected chi connectivity index (χ4v) is 3.67. The lowest BCUT2D eigenvalue weighted by molar-refractivity contribution is -0.140. The van der Waals surface area contributed by atoms with Gasteiger partial charge >= 0.3 is 5.97 Å². The molecule has 0 unspecified atom stereocenters. The van der Waals surface area contributed by atoms with E-state index in [9.17, 15) is 9.59 Å². The number of piperidine rings is 1. The molecule has 1 atom stereocenters. The highest BCUT2D eigenvalue weighted by molar-refractivity contribution is 5.92. The molecule has 0 radical (unpaired) electrons. The number of carbonyl (C=O) groups is 2. The van der Waals surface area contributed by atoms with Crippen molar-refractivity contribution in [1.29, 1.82) is 0 Å². The highest BCUT2D eigenvalue weighted by Gasteiger charge is 2.21. The maximum Gasteiger partial charge on any atom is 0.323 e. The minimum atomic E-state index is -1.07. The number of amides is 1. The summed E-state index contributed by atoms with van der Waals surface area (Å²) in [6.07, 6.45) is 4.82. The fourth-order valence-electron chi connectivity index (χ4n) is 3.67. The number of hydroxylamine groups is 1. The SMILES string of the molecule is O=C(NO)c1cnc(N2CCC(CNCc3ccc(CN[C@@H](CO)C(=O)O)cc3)CC2)nc1. The second-order valence-corrected chi connectivity index (χ2v) is 8.04. The summed E-state index contributed by atoms with van der Waals surface area (Å²) < 4.78 is 0. The quantitative estimate of drug-likeness (QED) is 0.202. The molecule has 1 aromatic heterocycles. The topological polar surface area (TPSA) is 160 Å². The van der Waals surface area contributed by atoms with Crippen LogP contribution in [-0.4, -0.2) is 69.5 Å². The Labute approximate surface area is 191 Å². The second kappa shape index (κ2) is 12.2. The van der Waals surface area contributed by atoms with Crippen molar-refractivity contribution in [2.75, 3.05) is 31.1 Å². The van der Waals surface area contributed by atoms with Crippen molar-refractivity contribution in [3.05, 3.63) is 53.3 Å². The van der Waals surface area contributed by atoms with E-state index in [2.05, 4.69) is 25.5 Å². The van der Waals surface area contributed by atoms with Gasteiger partial charge in [0.1, 0.15) is 6.04 Å². The molecule has 3 rings (SSSR count). The van der Waals surface area contributed by atoms with Crippen molar-refractivity contribution in [2.45, 2.75) is 32.0 Å². The molecule has 11 heteroatoms. The van der Waals surface area contributed by atoms with Gasteiger partial charge in [-0.25, -0.2) is 15.4 Å². The zero-order valence-corrected chi connectivity index (χ0v) is 18.3. The molecule has 0 bridgehead atoms. The molecule has 1 saturated heterocycles. The standard InChI is InChI=1S/C22H30N6O5/c29-14-19(21(31)32)24-11-16-3-1-15(2-4-16)9-23-10-17-5-7-28(8-6-17)22-25-12-18(13-26-22)20(30)27-33/h1-4,12-13,17,19,23-24,29,33H,5-11,14H2,(H,27,30)(H,31,32)/t19-/m0/s1. The molecule has 2 aromatic rings. The predicted octanol–water partition coefficient (Wildman–Crippen LogP) is 0.137. The maximum atomic E-state index is 11.4. The summed E-state index contributed by atoms with van der Waals surface area (Å²) in [6, 6.07) is 6.97. The number of anilines is 1. The Morgan fingerprint density at radius 1 is 1.06 bits per heavy atom. The first-order valence-corrected chi connectivity index (χ1v) is 10.9. The molecule has 6 N–H and O–H groups in total. The van der Waals surface area contributed by atoms with E-state index in [0.717, 1.165) is 50.1 Å². The molecule has 0 aliphatic carbocycles. The summed E-state index contributed by atoms with van der Waals surface area (Å²) in [5.41, 5.74) is 3.88. The van der Waals surface area contributed by atoms with E-state index in [1.807, 2.05) is 24.3 Å². The minimum absolute atomic E-state index is 0.208. The Hall–Kier alpha value is -3.12. The van der Waals surface area contributed by atoms with Crippen LogP contribution in [0.3, 0.4) is 0 Å². The van der Waals surface area contributed by atoms with Crippen LogP contribution in [0.2, 0.25) is 0 Å². The van der Waals surface area contributed by atoms with Gasteiger partial charge in [-0.1, -0.05) is 24.3 Å². The number of carboxylic acid groups (broad SMARTS) is 1. The zero-order chi connectivity index (χ0) is 23.6. The van der Waals surface area contributed by atoms with Crippen LogP contribution in [0.15, 0.2) is 36.7 Å². The van der Waals surface area contributed by atoms with Crippen molar-refractivity contribution in [3.63, 3.8) is 0 Å². The second-order valence-electron chi connectivity index (χ2n) is 8.04. The van der Waals surface area contributed by atoms with E-state index in [4.69, 9.17) is 15.4 Å². The van der Waals surface area contributed by atoms with Crippen LogP contribution in [0, 0.1) is 5.92 Å². The number of hydrogen-bond acceptors (Lipinski definition) is 9. The van der Waals surface area contributed by atoms with Gasteiger partial charge in [0.25, 0.3) is 5.91 Å². The highest BCUT2D eigenvalue weighted by Crippen LogP contribution is 2.20. The van der Waals surface area contributed by atoms with Crippen LogP contribution in [-0.2, 0) is 17.9 Å². The molecule has 1 aliphatic heterocycles. The van der Waals surface area contributed by atoms with Gasteiger partial charge < -0.3 is 20.4 Å². The average Bonchev–Trinajstić information content (AvgIpc) is 2.85. The van der Waals surface area contributed by atoms with Crippen LogP contribution in [0.1, 0.15) is 34.3 Å². The zero-order valence-electron chi connectivity index (χ0n) is 18.3. The molecular weight excluding hydrogens is 428 g/mol. The van der Waals surface area contributed by atoms with E-state index in [0.29, 0.717) is 18.4 Å². The Bertz CT molecular complexity index is 900. The first-order chi connectivity index (χ1) is 16.0. The summed E-state index contributed by atoms with van der Waals surface area (Å²) in [7, 11) is 0. The van der Waals surface area contributed by atoms with Gasteiger partial charge in [0.15, 0.2) is 0 Å². The van der Waals surface area contributed by atoms with Crippen molar-refractivity contribution in [2.24, 2.45) is 5.92 Å². The first kappa shape index (κ1) is 24.5. The third-order valence-electron chi connectivity index (χ3n) is 5.72. The molecular formula is C22H30N6O5. The van der Waals surface area contributed by atoms with Crippen LogP contribution >= 0.6 is 0 Å². The summed E-state index contributed by atoms with van der Waals surface area (Å²) in [4.78, 5) is 32.8. The van der Waals surface area contributed by atoms with Crippen LogP contribution in [0.5, 0.6) is 0 Å². The number of carboxylic acids is 1. The largest absolute Gasteiger partial charge is 0.480 e. The number of benzene rings is 1. The minimum Gasteiger partial charge on any atom is -0.480 e. The monoisotopic (exact) mass is 458 g/mol. The Morgan fingerprint density at radius 2 is 1.67 bits per heavy atom. The lowest BCUT2D eigenvalue weighted by atomic mass is 9.97. The van der Waals surface area contributed by atoms with Gasteiger partial charge in [-0.15, -0.1) is 0 Å². The van der Waals surface area contributed by atoms with Gasteiger partial charge in [-0.05, 0) is 36.4 Å². The van der Waals surface area contributed by atoms with E-state index >= 15 is 0 Å². The first-order valence-electron chi connectivity index (χ1n) is 10.9. The number of aliphatic hydroxyl groups excluding tert-OH is 1. The van der Waals surface area contributed by atoms with Crippen molar-refractivity contribution in [3.8, 4) is 0 Å². The fraction of sp³-hybridized carbons (Fsp3) is 0.455. The number of carbonyl (C=O) groups excluding carboxylic acids is 1. The lowest BCUT2D eigenvalue weighted by Crippen LogP contribution is -2.39. The number of aliphatic hydroxyl groups is 1. The third-order valence-corrected chi connectivity index (χ3v) is 5.72. The van der Waals surface area contributed by atoms with Gasteiger partial charge in [0.05, 0.1) is 12.2 Å². The number of rotatable bonds is 11. The van der Waals surface area contributed by atoms with Gasteiger partial charge in [-0.3, -0.25) is 20.1 Å². The van der Waals surface area contributed by atoms with Gasteiger partial charge in [0.2, 0.25) is 5.95 Å². The van der Waals surface area contributed by atoms with Crippen molar-refractivity contribution >= 4 is 17.8 Å². The van der Waals surface area contributed by atoms with E-state index in [1.54, 1.807) is 5.48 Å². The summed E-state index contributed by atoms with van der Waals surface area (Å²) in [6.45, 7) is 3.27. The average molecular weight is 459 g/mol. The molecule has 1 amide bonds. The van der Waals surface area contributed by atoms with E-state index in [-0.39, 0.29) is 5.56 Å². The Kier molecular flexibility index (Phi) is 9.07. The molecule has 1 aromatic carbocycles. The smallest absolute Gasteiger partial charge is 0.323 e. The number of nitrogens with one attached hydrogen (secondary N) is 3. The van der Waals surface area contributed by atoms with Crippen LogP contribution in [0.4, 0.5) is 5.95 Å². The molecule has 0 spiro atoms. The van der Waals surface area contributed by atoms with Crippen molar-refractivity contribution in [1.82, 2.24) is 26.1 Å². The number of nitrogens with zero attached hydrogens (tertiary/aromatic N) is 3. The summed E-state index contributed by atoms with van der Waals surface area (Å²) >= 11 is 0. The van der Waals surface area contributed by atoms with Gasteiger partial charge in [0, 0.05) is 38.6 Å². The molecule has 11 nitrogen and oxygen atoms in total. The van der Waals surface area contributed by atoms with E-state index in [1.165, 1.54) is 12.4 Å². The summed E-state index contributed by atoms with van der Waals surface area (Å²) in [5.74, 6) is -0.567. The highest BCUT2D eigenvalue weighted by atomic mass is 16.5. The molecule has 1 fully saturated rings. The molecule has 33 heavy (non-hydrogen) atoms. The molecule has 2 heterocycles. The molecule has 178 valence electrons. The normalized spacial score (nSPS) is 15.3. The van der Waals surface area contributed by atoms with Crippen molar-refractivity contribution < 1.29 is 25.0 Å². The number of aliphatic carboxylic acids is 1. The van der Waals surface area contributed by atoms with Gasteiger partial charge in [-0.2, -0.15) is 0 Å². The Morgan fingerprint density at radius 3 is 2.21 bits per heavy atom. The predicted molar refractivity (Wildman–Crippen MR) is 120 cm³/mol. The lowest BCUT2D eigenvalue weighted by Gasteiger charge is -2.32. The third kappa shape index (κ3) is 7.19. The maximum absolute atomic E-state index is 11.4. The molecule has 0 saturated carbocycles. The number of hydrogen-bond donors (Lipinski definition) is 6. The Balaban J connectivity index is 1.36. The van der Waals surface area contributed by atoms with E-state index < -0.39 is 24.5 Å². The summed E-state index contributed by atoms with van der Waals surface area (Å²) in [5, 5.41) is 33.0. The van der Waals surface area contributed by atoms with Crippen LogP contribution < -0.4 is 21.0 Å². The molecule has 1 aliphatic rings.